The predicted octanol–water partition coefficient (Wildman–Crippen LogP) is 1.13. The van der Waals surface area contributed by atoms with Crippen LogP contribution in [0.1, 0.15) is 77.0 Å². The Kier molecular flexibility index (Phi) is 7.51. The van der Waals surface area contributed by atoms with Gasteiger partial charge < -0.3 is 20.0 Å². The van der Waals surface area contributed by atoms with Gasteiger partial charge in [0.25, 0.3) is 0 Å². The Morgan fingerprint density at radius 2 is 1.33 bits per heavy atom. The van der Waals surface area contributed by atoms with Crippen molar-refractivity contribution in [2.45, 2.75) is 95.2 Å². The van der Waals surface area contributed by atoms with E-state index in [1.165, 1.54) is 64.2 Å². The van der Waals surface area contributed by atoms with Crippen LogP contribution in [0.2, 0.25) is 0 Å². The number of hydrogen-bond acceptors (Lipinski definition) is 3. The summed E-state index contributed by atoms with van der Waals surface area (Å²) in [5.41, 5.74) is 0. The molecule has 1 unspecified atom stereocenters. The van der Waals surface area contributed by atoms with Crippen molar-refractivity contribution in [2.75, 3.05) is 6.61 Å². The zero-order valence-corrected chi connectivity index (χ0v) is 13.2. The monoisotopic (exact) mass is 297 g/mol. The molecule has 0 spiro atoms. The van der Waals surface area contributed by atoms with E-state index in [4.69, 9.17) is 4.74 Å². The van der Waals surface area contributed by atoms with E-state index < -0.39 is 12.1 Å². The third kappa shape index (κ3) is 6.35. The molecule has 2 saturated carbocycles. The van der Waals surface area contributed by atoms with E-state index in [2.05, 4.69) is 5.32 Å². The highest BCUT2D eigenvalue weighted by Gasteiger charge is 2.22. The van der Waals surface area contributed by atoms with Gasteiger partial charge in [0, 0.05) is 6.61 Å². The summed E-state index contributed by atoms with van der Waals surface area (Å²) in [5.74, 6) is -1.08. The molecule has 3 aliphatic rings. The van der Waals surface area contributed by atoms with E-state index in [1.54, 1.807) is 0 Å². The Bertz CT molecular complexity index is 274. The van der Waals surface area contributed by atoms with E-state index in [0.717, 1.165) is 18.5 Å². The van der Waals surface area contributed by atoms with Crippen molar-refractivity contribution in [3.05, 3.63) is 0 Å². The van der Waals surface area contributed by atoms with Gasteiger partial charge in [0.05, 0.1) is 24.2 Å². The average molecular weight is 297 g/mol. The van der Waals surface area contributed by atoms with E-state index in [-0.39, 0.29) is 0 Å². The minimum absolute atomic E-state index is 0.568. The largest absolute Gasteiger partial charge is 0.547 e. The van der Waals surface area contributed by atoms with Crippen molar-refractivity contribution < 1.29 is 20.0 Å². The lowest BCUT2D eigenvalue weighted by atomic mass is 9.91. The van der Waals surface area contributed by atoms with Crippen LogP contribution in [0.25, 0.3) is 0 Å². The molecule has 3 rings (SSSR count). The predicted molar refractivity (Wildman–Crippen MR) is 79.7 cm³/mol. The minimum Gasteiger partial charge on any atom is -0.547 e. The highest BCUT2D eigenvalue weighted by atomic mass is 16.5. The van der Waals surface area contributed by atoms with Gasteiger partial charge in [0.2, 0.25) is 0 Å². The molecule has 1 saturated heterocycles. The SMILES string of the molecule is C1CCC([NH2+]C2CCCCC2)CC1.O=C([O-])C1CCCO1. The van der Waals surface area contributed by atoms with Gasteiger partial charge in [-0.25, -0.2) is 0 Å². The fourth-order valence-electron chi connectivity index (χ4n) is 3.80. The van der Waals surface area contributed by atoms with Crippen LogP contribution in [0.4, 0.5) is 0 Å². The summed E-state index contributed by atoms with van der Waals surface area (Å²) in [6.45, 7) is 0.568. The Hall–Kier alpha value is -0.610. The molecule has 0 amide bonds. The molecule has 2 aliphatic carbocycles. The Morgan fingerprint density at radius 3 is 1.67 bits per heavy atom. The number of nitrogens with two attached hydrogens (primary N) is 1. The molecule has 0 radical (unpaired) electrons. The quantitative estimate of drug-likeness (QED) is 0.849. The van der Waals surface area contributed by atoms with Crippen LogP contribution in [0, 0.1) is 0 Å². The van der Waals surface area contributed by atoms with Crippen molar-refractivity contribution in [1.29, 1.82) is 0 Å². The molecule has 1 heterocycles. The van der Waals surface area contributed by atoms with Crippen LogP contribution in [-0.4, -0.2) is 30.8 Å². The summed E-state index contributed by atoms with van der Waals surface area (Å²) in [4.78, 5) is 9.97. The number of carbonyl (C=O) groups excluding carboxylic acids is 1. The Labute approximate surface area is 128 Å². The van der Waals surface area contributed by atoms with E-state index >= 15 is 0 Å². The summed E-state index contributed by atoms with van der Waals surface area (Å²) in [6.07, 6.45) is 15.8. The number of carboxylic acids is 1. The van der Waals surface area contributed by atoms with Crippen LogP contribution in [0.5, 0.6) is 0 Å². The molecule has 3 fully saturated rings. The van der Waals surface area contributed by atoms with Gasteiger partial charge in [-0.1, -0.05) is 12.8 Å². The molecule has 0 aromatic carbocycles. The Morgan fingerprint density at radius 1 is 0.810 bits per heavy atom. The molecule has 122 valence electrons. The number of hydrogen-bond donors (Lipinski definition) is 1. The maximum Gasteiger partial charge on any atom is 0.0969 e. The number of rotatable bonds is 3. The first kappa shape index (κ1) is 16.8. The number of aliphatic carboxylic acids is 1. The number of carbonyl (C=O) groups is 1. The van der Waals surface area contributed by atoms with Crippen molar-refractivity contribution in [2.24, 2.45) is 0 Å². The van der Waals surface area contributed by atoms with Gasteiger partial charge in [0.15, 0.2) is 0 Å². The molecule has 4 heteroatoms. The first-order chi connectivity index (χ1) is 10.3. The molecule has 2 N–H and O–H groups in total. The van der Waals surface area contributed by atoms with Crippen molar-refractivity contribution >= 4 is 5.97 Å². The standard InChI is InChI=1S/C12H23N.C5H8O3/c1-3-7-11(8-4-1)13-12-9-5-2-6-10-12;6-5(7)4-2-1-3-8-4/h11-13H,1-10H2;4H,1-3H2,(H,6,7). The zero-order chi connectivity index (χ0) is 14.9. The van der Waals surface area contributed by atoms with Gasteiger partial charge in [-0.3, -0.25) is 0 Å². The highest BCUT2D eigenvalue weighted by Crippen LogP contribution is 2.18. The van der Waals surface area contributed by atoms with Gasteiger partial charge in [-0.15, -0.1) is 0 Å². The van der Waals surface area contributed by atoms with Gasteiger partial charge >= 0.3 is 0 Å². The molecule has 0 bridgehead atoms. The summed E-state index contributed by atoms with van der Waals surface area (Å²) in [6, 6.07) is 1.99. The third-order valence-electron chi connectivity index (χ3n) is 5.04. The summed E-state index contributed by atoms with van der Waals surface area (Å²) in [5, 5.41) is 12.7. The fourth-order valence-corrected chi connectivity index (χ4v) is 3.80. The van der Waals surface area contributed by atoms with E-state index in [0.29, 0.717) is 13.0 Å². The molecule has 0 aromatic rings. The summed E-state index contributed by atoms with van der Waals surface area (Å²) in [7, 11) is 0. The normalized spacial score (nSPS) is 27.9. The summed E-state index contributed by atoms with van der Waals surface area (Å²) < 4.78 is 4.75. The Balaban J connectivity index is 0.000000173. The lowest BCUT2D eigenvalue weighted by Crippen LogP contribution is -2.95. The second-order valence-electron chi connectivity index (χ2n) is 6.81. The first-order valence-corrected chi connectivity index (χ1v) is 8.93. The number of carboxylic acid groups (broad SMARTS) is 1. The van der Waals surface area contributed by atoms with Gasteiger partial charge in [-0.2, -0.15) is 0 Å². The highest BCUT2D eigenvalue weighted by molar-refractivity contribution is 5.70. The minimum atomic E-state index is -1.08. The molecule has 1 atom stereocenters. The third-order valence-corrected chi connectivity index (χ3v) is 5.04. The van der Waals surface area contributed by atoms with Crippen molar-refractivity contribution in [3.63, 3.8) is 0 Å². The first-order valence-electron chi connectivity index (χ1n) is 8.93. The fraction of sp³-hybridized carbons (Fsp3) is 0.941. The van der Waals surface area contributed by atoms with Crippen LogP contribution >= 0.6 is 0 Å². The van der Waals surface area contributed by atoms with Gasteiger partial charge in [0.1, 0.15) is 0 Å². The van der Waals surface area contributed by atoms with Gasteiger partial charge in [-0.05, 0) is 64.2 Å². The van der Waals surface area contributed by atoms with Crippen LogP contribution in [0.15, 0.2) is 0 Å². The molecule has 1 aliphatic heterocycles. The molecular weight excluding hydrogens is 266 g/mol. The maximum absolute atomic E-state index is 9.97. The molecular formula is C17H31NO3. The second kappa shape index (κ2) is 9.42. The number of ether oxygens (including phenoxy) is 1. The van der Waals surface area contributed by atoms with Crippen molar-refractivity contribution in [3.8, 4) is 0 Å². The lowest BCUT2D eigenvalue weighted by Gasteiger charge is -2.27. The van der Waals surface area contributed by atoms with Crippen molar-refractivity contribution in [1.82, 2.24) is 0 Å². The average Bonchev–Trinajstić information content (AvgIpc) is 3.05. The van der Waals surface area contributed by atoms with E-state index in [1.807, 2.05) is 0 Å². The van der Waals surface area contributed by atoms with Crippen LogP contribution in [-0.2, 0) is 9.53 Å². The lowest BCUT2D eigenvalue weighted by molar-refractivity contribution is -0.725. The van der Waals surface area contributed by atoms with Crippen LogP contribution in [0.3, 0.4) is 0 Å². The van der Waals surface area contributed by atoms with E-state index in [9.17, 15) is 9.90 Å². The molecule has 21 heavy (non-hydrogen) atoms. The molecule has 0 aromatic heterocycles. The topological polar surface area (TPSA) is 66.0 Å². The van der Waals surface area contributed by atoms with Crippen LogP contribution < -0.4 is 10.4 Å². The second-order valence-corrected chi connectivity index (χ2v) is 6.81. The smallest absolute Gasteiger partial charge is 0.0969 e. The maximum atomic E-state index is 9.97. The molecule has 4 nitrogen and oxygen atoms in total. The zero-order valence-electron chi connectivity index (χ0n) is 13.2. The summed E-state index contributed by atoms with van der Waals surface area (Å²) >= 11 is 0. The number of quaternary nitrogens is 1.